The van der Waals surface area contributed by atoms with Crippen LogP contribution in [0.25, 0.3) is 0 Å². The smallest absolute Gasteiger partial charge is 0.329 e. The van der Waals surface area contributed by atoms with Gasteiger partial charge >= 0.3 is 5.97 Å². The largest absolute Gasteiger partial charge is 0.480 e. The monoisotopic (exact) mass is 288 g/mol. The molecule has 0 rings (SSSR count). The average molecular weight is 288 g/mol. The average Bonchev–Trinajstić information content (AvgIpc) is 2.40. The number of aliphatic hydroxyl groups excluding tert-OH is 1. The summed E-state index contributed by atoms with van der Waals surface area (Å²) in [6, 6.07) is 0. The Morgan fingerprint density at radius 2 is 1.45 bits per heavy atom. The Kier molecular flexibility index (Phi) is 14.3. The third kappa shape index (κ3) is 15.4. The Morgan fingerprint density at radius 3 is 1.95 bits per heavy atom. The zero-order valence-electron chi connectivity index (χ0n) is 13.0. The van der Waals surface area contributed by atoms with Crippen molar-refractivity contribution in [3.05, 3.63) is 0 Å². The van der Waals surface area contributed by atoms with E-state index in [1.165, 1.54) is 51.4 Å². The van der Waals surface area contributed by atoms with Crippen LogP contribution in [0.2, 0.25) is 0 Å². The van der Waals surface area contributed by atoms with Gasteiger partial charge in [-0.1, -0.05) is 71.1 Å². The van der Waals surface area contributed by atoms with Crippen LogP contribution in [0.1, 0.15) is 77.6 Å². The third-order valence-electron chi connectivity index (χ3n) is 3.43. The van der Waals surface area contributed by atoms with E-state index in [0.717, 1.165) is 12.8 Å². The van der Waals surface area contributed by atoms with E-state index < -0.39 is 12.1 Å². The minimum absolute atomic E-state index is 0.129. The van der Waals surface area contributed by atoms with Crippen LogP contribution >= 0.6 is 0 Å². The maximum absolute atomic E-state index is 10.2. The molecule has 4 nitrogen and oxygen atoms in total. The van der Waals surface area contributed by atoms with Crippen molar-refractivity contribution in [2.75, 3.05) is 13.2 Å². The Bertz CT molecular complexity index is 219. The molecule has 2 N–H and O–H groups in total. The third-order valence-corrected chi connectivity index (χ3v) is 3.43. The number of rotatable bonds is 15. The molecular formula is C16H32O4. The van der Waals surface area contributed by atoms with E-state index >= 15 is 0 Å². The summed E-state index contributed by atoms with van der Waals surface area (Å²) in [5.74, 6) is -0.990. The Balaban J connectivity index is 3.13. The molecule has 0 aromatic heterocycles. The summed E-state index contributed by atoms with van der Waals surface area (Å²) in [6.45, 7) is 2.04. The molecule has 0 aromatic carbocycles. The number of aliphatic carboxylic acids is 1. The summed E-state index contributed by atoms with van der Waals surface area (Å²) in [5.41, 5.74) is 0. The molecule has 0 aliphatic heterocycles. The van der Waals surface area contributed by atoms with Crippen LogP contribution in [0.3, 0.4) is 0 Å². The fraction of sp³-hybridized carbons (Fsp3) is 0.938. The molecule has 0 heterocycles. The first kappa shape index (κ1) is 19.4. The van der Waals surface area contributed by atoms with Crippen LogP contribution in [0.15, 0.2) is 0 Å². The molecule has 0 saturated carbocycles. The van der Waals surface area contributed by atoms with Gasteiger partial charge in [-0.25, -0.2) is 4.79 Å². The molecular weight excluding hydrogens is 256 g/mol. The van der Waals surface area contributed by atoms with E-state index in [1.807, 2.05) is 0 Å². The molecule has 0 bridgehead atoms. The number of ether oxygens (including phenoxy) is 1. The summed E-state index contributed by atoms with van der Waals surface area (Å²) < 4.78 is 4.85. The lowest BCUT2D eigenvalue weighted by Crippen LogP contribution is -2.18. The van der Waals surface area contributed by atoms with Gasteiger partial charge in [-0.3, -0.25) is 0 Å². The van der Waals surface area contributed by atoms with Gasteiger partial charge in [-0.05, 0) is 6.42 Å². The van der Waals surface area contributed by atoms with Crippen LogP contribution in [0.4, 0.5) is 0 Å². The normalized spacial score (nSPS) is 12.5. The Morgan fingerprint density at radius 1 is 0.950 bits per heavy atom. The lowest BCUT2D eigenvalue weighted by atomic mass is 10.0. The minimum atomic E-state index is -0.990. The first-order valence-electron chi connectivity index (χ1n) is 8.14. The molecule has 1 unspecified atom stereocenters. The van der Waals surface area contributed by atoms with Crippen molar-refractivity contribution in [2.45, 2.75) is 83.7 Å². The first-order chi connectivity index (χ1) is 9.66. The van der Waals surface area contributed by atoms with E-state index in [0.29, 0.717) is 6.42 Å². The zero-order chi connectivity index (χ0) is 15.1. The molecule has 0 saturated heterocycles. The number of carboxylic acids is 1. The van der Waals surface area contributed by atoms with Crippen molar-refractivity contribution in [3.63, 3.8) is 0 Å². The molecule has 0 aliphatic rings. The van der Waals surface area contributed by atoms with E-state index in [4.69, 9.17) is 9.84 Å². The summed E-state index contributed by atoms with van der Waals surface area (Å²) in [4.78, 5) is 10.2. The second kappa shape index (κ2) is 14.8. The van der Waals surface area contributed by atoms with Gasteiger partial charge < -0.3 is 14.9 Å². The molecule has 4 heteroatoms. The van der Waals surface area contributed by atoms with Crippen molar-refractivity contribution in [1.29, 1.82) is 0 Å². The zero-order valence-corrected chi connectivity index (χ0v) is 13.0. The second-order valence-corrected chi connectivity index (χ2v) is 5.53. The highest BCUT2D eigenvalue weighted by atomic mass is 16.5. The fourth-order valence-electron chi connectivity index (χ4n) is 2.23. The predicted molar refractivity (Wildman–Crippen MR) is 80.9 cm³/mol. The van der Waals surface area contributed by atoms with Gasteiger partial charge in [0.25, 0.3) is 0 Å². The lowest BCUT2D eigenvalue weighted by molar-refractivity contribution is -0.143. The molecule has 20 heavy (non-hydrogen) atoms. The van der Waals surface area contributed by atoms with Gasteiger partial charge in [-0.15, -0.1) is 0 Å². The van der Waals surface area contributed by atoms with Gasteiger partial charge in [0, 0.05) is 0 Å². The van der Waals surface area contributed by atoms with Crippen molar-refractivity contribution in [1.82, 2.24) is 0 Å². The number of carbonyl (C=O) groups is 1. The Hall–Kier alpha value is -0.610. The maximum atomic E-state index is 10.2. The Labute approximate surface area is 123 Å². The number of aliphatic hydroxyl groups is 1. The van der Waals surface area contributed by atoms with E-state index in [9.17, 15) is 9.90 Å². The standard InChI is InChI=1S/C16H32O4/c1-2-3-4-5-6-7-8-9-10-11-12-15(17)13-20-14-16(18)19/h15,17H,2-14H2,1H3,(H,18,19). The highest BCUT2D eigenvalue weighted by Crippen LogP contribution is 2.12. The number of hydrogen-bond acceptors (Lipinski definition) is 3. The molecule has 0 amide bonds. The lowest BCUT2D eigenvalue weighted by Gasteiger charge is -2.09. The number of unbranched alkanes of at least 4 members (excludes halogenated alkanes) is 9. The molecule has 0 aromatic rings. The van der Waals surface area contributed by atoms with Crippen LogP contribution in [-0.4, -0.2) is 35.5 Å². The summed E-state index contributed by atoms with van der Waals surface area (Å²) in [5, 5.41) is 18.0. The highest BCUT2D eigenvalue weighted by Gasteiger charge is 2.05. The van der Waals surface area contributed by atoms with E-state index in [2.05, 4.69) is 6.92 Å². The van der Waals surface area contributed by atoms with Crippen LogP contribution < -0.4 is 0 Å². The van der Waals surface area contributed by atoms with Crippen LogP contribution in [0, 0.1) is 0 Å². The molecule has 0 spiro atoms. The highest BCUT2D eigenvalue weighted by molar-refractivity contribution is 5.67. The van der Waals surface area contributed by atoms with Crippen molar-refractivity contribution in [2.24, 2.45) is 0 Å². The molecule has 1 atom stereocenters. The summed E-state index contributed by atoms with van der Waals surface area (Å²) in [7, 11) is 0. The second-order valence-electron chi connectivity index (χ2n) is 5.53. The van der Waals surface area contributed by atoms with Gasteiger partial charge in [0.15, 0.2) is 0 Å². The molecule has 0 radical (unpaired) electrons. The number of hydrogen-bond donors (Lipinski definition) is 2. The number of carboxylic acid groups (broad SMARTS) is 1. The molecule has 0 fully saturated rings. The van der Waals surface area contributed by atoms with Gasteiger partial charge in [-0.2, -0.15) is 0 Å². The maximum Gasteiger partial charge on any atom is 0.329 e. The van der Waals surface area contributed by atoms with E-state index in [-0.39, 0.29) is 13.2 Å². The van der Waals surface area contributed by atoms with Crippen molar-refractivity contribution >= 4 is 5.97 Å². The van der Waals surface area contributed by atoms with E-state index in [1.54, 1.807) is 0 Å². The first-order valence-corrected chi connectivity index (χ1v) is 8.14. The minimum Gasteiger partial charge on any atom is -0.480 e. The van der Waals surface area contributed by atoms with Gasteiger partial charge in [0.1, 0.15) is 6.61 Å². The van der Waals surface area contributed by atoms with Gasteiger partial charge in [0.05, 0.1) is 12.7 Å². The predicted octanol–water partition coefficient (Wildman–Crippen LogP) is 3.76. The van der Waals surface area contributed by atoms with Crippen molar-refractivity contribution < 1.29 is 19.7 Å². The van der Waals surface area contributed by atoms with Crippen LogP contribution in [-0.2, 0) is 9.53 Å². The molecule has 120 valence electrons. The SMILES string of the molecule is CCCCCCCCCCCCC(O)COCC(=O)O. The van der Waals surface area contributed by atoms with Gasteiger partial charge in [0.2, 0.25) is 0 Å². The fourth-order valence-corrected chi connectivity index (χ4v) is 2.23. The van der Waals surface area contributed by atoms with Crippen molar-refractivity contribution in [3.8, 4) is 0 Å². The quantitative estimate of drug-likeness (QED) is 0.450. The topological polar surface area (TPSA) is 66.8 Å². The summed E-state index contributed by atoms with van der Waals surface area (Å²) in [6.07, 6.45) is 12.9. The molecule has 0 aliphatic carbocycles. The summed E-state index contributed by atoms with van der Waals surface area (Å²) >= 11 is 0. The van der Waals surface area contributed by atoms with Crippen LogP contribution in [0.5, 0.6) is 0 Å².